The molecule has 0 saturated carbocycles. The van der Waals surface area contributed by atoms with Crippen LogP contribution in [-0.4, -0.2) is 34.4 Å². The first-order chi connectivity index (χ1) is 10.1. The molecule has 1 rings (SSSR count). The lowest BCUT2D eigenvalue weighted by atomic mass is 10.4. The summed E-state index contributed by atoms with van der Waals surface area (Å²) < 4.78 is 17.2. The Morgan fingerprint density at radius 1 is 1.14 bits per heavy atom. The van der Waals surface area contributed by atoms with Gasteiger partial charge in [0.05, 0.1) is 6.61 Å². The third kappa shape index (κ3) is 5.11. The molecule has 1 aromatic carbocycles. The first kappa shape index (κ1) is 17.6. The molecular weight excluding hydrogens is 284 g/mol. The van der Waals surface area contributed by atoms with E-state index in [-0.39, 0.29) is 12.6 Å². The fraction of sp³-hybridized carbons (Fsp3) is 0.438. The molecule has 0 aliphatic rings. The Morgan fingerprint density at radius 3 is 2.19 bits per heavy atom. The van der Waals surface area contributed by atoms with Gasteiger partial charge in [0.1, 0.15) is 0 Å². The Bertz CT molecular complexity index is 453. The van der Waals surface area contributed by atoms with Gasteiger partial charge >= 0.3 is 14.5 Å². The zero-order valence-corrected chi connectivity index (χ0v) is 14.1. The molecule has 0 aliphatic carbocycles. The summed E-state index contributed by atoms with van der Waals surface area (Å²) in [6.45, 7) is 10.5. The highest BCUT2D eigenvalue weighted by Crippen LogP contribution is 2.15. The van der Waals surface area contributed by atoms with E-state index in [0.29, 0.717) is 24.8 Å². The van der Waals surface area contributed by atoms with E-state index in [4.69, 9.17) is 13.6 Å². The topological polar surface area (TPSA) is 44.8 Å². The summed E-state index contributed by atoms with van der Waals surface area (Å²) in [6, 6.07) is 10.5. The van der Waals surface area contributed by atoms with Gasteiger partial charge in [0, 0.05) is 24.8 Å². The number of hydrogen-bond acceptors (Lipinski definition) is 4. The molecular formula is C16H24O4Si. The molecule has 0 aliphatic heterocycles. The van der Waals surface area contributed by atoms with Crippen LogP contribution in [0.2, 0.25) is 6.04 Å². The van der Waals surface area contributed by atoms with Crippen molar-refractivity contribution in [3.63, 3.8) is 0 Å². The van der Waals surface area contributed by atoms with Gasteiger partial charge in [-0.2, -0.15) is 0 Å². The second-order valence-corrected chi connectivity index (χ2v) is 7.81. The maximum absolute atomic E-state index is 11.5. The molecule has 5 heteroatoms. The van der Waals surface area contributed by atoms with Gasteiger partial charge in [0.2, 0.25) is 0 Å². The lowest BCUT2D eigenvalue weighted by Gasteiger charge is -2.30. The maximum atomic E-state index is 11.5. The normalized spacial score (nSPS) is 11.2. The molecule has 0 heterocycles. The molecule has 0 aromatic heterocycles. The minimum atomic E-state index is -2.58. The van der Waals surface area contributed by atoms with Crippen LogP contribution < -0.4 is 5.19 Å². The van der Waals surface area contributed by atoms with Crippen LogP contribution in [0.25, 0.3) is 0 Å². The predicted octanol–water partition coefficient (Wildman–Crippen LogP) is 2.53. The molecule has 0 spiro atoms. The summed E-state index contributed by atoms with van der Waals surface area (Å²) in [6.07, 6.45) is 0. The van der Waals surface area contributed by atoms with Gasteiger partial charge in [-0.15, -0.1) is 0 Å². The fourth-order valence-corrected chi connectivity index (χ4v) is 5.05. The summed E-state index contributed by atoms with van der Waals surface area (Å²) in [5.41, 5.74) is 0.398. The van der Waals surface area contributed by atoms with E-state index >= 15 is 0 Å². The summed E-state index contributed by atoms with van der Waals surface area (Å²) >= 11 is 0. The average molecular weight is 308 g/mol. The van der Waals surface area contributed by atoms with E-state index in [1.807, 2.05) is 44.2 Å². The van der Waals surface area contributed by atoms with Crippen LogP contribution in [-0.2, 0) is 18.4 Å². The lowest BCUT2D eigenvalue weighted by Crippen LogP contribution is -2.54. The number of rotatable bonds is 9. The number of esters is 1. The van der Waals surface area contributed by atoms with E-state index in [1.54, 1.807) is 6.92 Å². The van der Waals surface area contributed by atoms with Crippen LogP contribution in [0.15, 0.2) is 42.5 Å². The zero-order chi connectivity index (χ0) is 15.7. The van der Waals surface area contributed by atoms with Gasteiger partial charge in [-0.3, -0.25) is 0 Å². The predicted molar refractivity (Wildman–Crippen MR) is 85.7 cm³/mol. The molecule has 0 unspecified atom stereocenters. The summed E-state index contributed by atoms with van der Waals surface area (Å²) in [5.74, 6) is -0.376. The Balaban J connectivity index is 2.85. The van der Waals surface area contributed by atoms with Gasteiger partial charge in [-0.25, -0.2) is 4.79 Å². The van der Waals surface area contributed by atoms with Gasteiger partial charge in [-0.1, -0.05) is 36.9 Å². The van der Waals surface area contributed by atoms with Gasteiger partial charge in [0.25, 0.3) is 0 Å². The van der Waals surface area contributed by atoms with Crippen LogP contribution in [0, 0.1) is 0 Å². The van der Waals surface area contributed by atoms with Crippen LogP contribution in [0.3, 0.4) is 0 Å². The molecule has 0 N–H and O–H groups in total. The second kappa shape index (κ2) is 8.77. The average Bonchev–Trinajstić information content (AvgIpc) is 2.48. The monoisotopic (exact) mass is 308 g/mol. The Hall–Kier alpha value is -1.43. The zero-order valence-electron chi connectivity index (χ0n) is 13.1. The van der Waals surface area contributed by atoms with Crippen LogP contribution in [0.4, 0.5) is 0 Å². The molecule has 0 atom stereocenters. The maximum Gasteiger partial charge on any atom is 0.375 e. The van der Waals surface area contributed by atoms with Gasteiger partial charge in [-0.05, 0) is 26.0 Å². The number of carbonyl (C=O) groups is 1. The lowest BCUT2D eigenvalue weighted by molar-refractivity contribution is -0.138. The quantitative estimate of drug-likeness (QED) is 0.399. The number of benzene rings is 1. The van der Waals surface area contributed by atoms with E-state index in [2.05, 4.69) is 6.58 Å². The van der Waals surface area contributed by atoms with Crippen LogP contribution in [0.5, 0.6) is 0 Å². The van der Waals surface area contributed by atoms with Crippen molar-refractivity contribution >= 4 is 19.7 Å². The second-order valence-electron chi connectivity index (χ2n) is 4.65. The molecule has 0 saturated heterocycles. The van der Waals surface area contributed by atoms with Crippen molar-refractivity contribution in [3.05, 3.63) is 42.5 Å². The minimum Gasteiger partial charge on any atom is -0.462 e. The van der Waals surface area contributed by atoms with Crippen molar-refractivity contribution in [2.45, 2.75) is 26.8 Å². The van der Waals surface area contributed by atoms with Crippen molar-refractivity contribution in [1.82, 2.24) is 0 Å². The molecule has 116 valence electrons. The highest BCUT2D eigenvalue weighted by molar-refractivity contribution is 6.81. The first-order valence-electron chi connectivity index (χ1n) is 7.21. The highest BCUT2D eigenvalue weighted by Gasteiger charge is 2.39. The van der Waals surface area contributed by atoms with Crippen LogP contribution in [0.1, 0.15) is 20.8 Å². The Morgan fingerprint density at radius 2 is 1.71 bits per heavy atom. The van der Waals surface area contributed by atoms with Crippen molar-refractivity contribution in [2.75, 3.05) is 19.8 Å². The van der Waals surface area contributed by atoms with E-state index in [1.165, 1.54) is 0 Å². The number of carbonyl (C=O) groups excluding carboxylic acids is 1. The van der Waals surface area contributed by atoms with Crippen molar-refractivity contribution in [3.8, 4) is 0 Å². The molecule has 0 fully saturated rings. The molecule has 0 bridgehead atoms. The molecule has 4 nitrogen and oxygen atoms in total. The Kier molecular flexibility index (Phi) is 7.35. The molecule has 21 heavy (non-hydrogen) atoms. The third-order valence-corrected chi connectivity index (χ3v) is 6.57. The molecule has 0 amide bonds. The largest absolute Gasteiger partial charge is 0.462 e. The SMILES string of the molecule is C=C(C)C(=O)OCC[Si](OCC)(OCC)c1ccccc1. The molecule has 0 radical (unpaired) electrons. The first-order valence-corrected chi connectivity index (χ1v) is 9.24. The van der Waals surface area contributed by atoms with E-state index < -0.39 is 8.56 Å². The highest BCUT2D eigenvalue weighted by atomic mass is 28.4. The third-order valence-electron chi connectivity index (χ3n) is 2.98. The number of hydrogen-bond donors (Lipinski definition) is 0. The van der Waals surface area contributed by atoms with E-state index in [9.17, 15) is 4.79 Å². The summed E-state index contributed by atoms with van der Waals surface area (Å²) in [5, 5.41) is 1.06. The van der Waals surface area contributed by atoms with Gasteiger partial charge in [0.15, 0.2) is 0 Å². The van der Waals surface area contributed by atoms with Crippen LogP contribution >= 0.6 is 0 Å². The van der Waals surface area contributed by atoms with E-state index in [0.717, 1.165) is 5.19 Å². The van der Waals surface area contributed by atoms with Crippen molar-refractivity contribution in [1.29, 1.82) is 0 Å². The molecule has 1 aromatic rings. The van der Waals surface area contributed by atoms with Crippen molar-refractivity contribution < 1.29 is 18.4 Å². The summed E-state index contributed by atoms with van der Waals surface area (Å²) in [7, 11) is -2.58. The fourth-order valence-electron chi connectivity index (χ4n) is 2.06. The Labute approximate surface area is 128 Å². The van der Waals surface area contributed by atoms with Crippen molar-refractivity contribution in [2.24, 2.45) is 0 Å². The minimum absolute atomic E-state index is 0.271. The smallest absolute Gasteiger partial charge is 0.375 e. The summed E-state index contributed by atoms with van der Waals surface area (Å²) in [4.78, 5) is 11.5. The van der Waals surface area contributed by atoms with Gasteiger partial charge < -0.3 is 13.6 Å². The standard InChI is InChI=1S/C16H24O4Si/c1-5-19-21(20-6-2,15-10-8-7-9-11-15)13-12-18-16(17)14(3)4/h7-11H,3,5-6,12-13H2,1-2,4H3. The number of ether oxygens (including phenoxy) is 1.